The number of amides is 2. The van der Waals surface area contributed by atoms with Crippen LogP contribution in [0.1, 0.15) is 6.92 Å². The van der Waals surface area contributed by atoms with Crippen LogP contribution < -0.4 is 20.3 Å². The van der Waals surface area contributed by atoms with Crippen LogP contribution in [0.3, 0.4) is 0 Å². The molecule has 3 rings (SSSR count). The molecule has 2 amide bonds. The molecular weight excluding hydrogens is 348 g/mol. The molecule has 146 valence electrons. The van der Waals surface area contributed by atoms with Gasteiger partial charge in [-0.15, -0.1) is 0 Å². The molecular formula is C19H26N4O4. The van der Waals surface area contributed by atoms with Crippen LogP contribution in [0.4, 0.5) is 10.5 Å². The predicted octanol–water partition coefficient (Wildman–Crippen LogP) is 0.947. The second kappa shape index (κ2) is 8.77. The molecule has 1 aromatic rings. The Morgan fingerprint density at radius 1 is 1.22 bits per heavy atom. The monoisotopic (exact) mass is 374 g/mol. The summed E-state index contributed by atoms with van der Waals surface area (Å²) in [6.07, 6.45) is 0. The highest BCUT2D eigenvalue weighted by atomic mass is 16.5. The lowest BCUT2D eigenvalue weighted by Crippen LogP contribution is -2.51. The summed E-state index contributed by atoms with van der Waals surface area (Å²) in [6, 6.07) is 7.74. The highest BCUT2D eigenvalue weighted by Crippen LogP contribution is 2.22. The van der Waals surface area contributed by atoms with Crippen molar-refractivity contribution in [1.29, 1.82) is 0 Å². The number of hydrogen-bond acceptors (Lipinski definition) is 6. The van der Waals surface area contributed by atoms with Crippen molar-refractivity contribution in [2.24, 2.45) is 0 Å². The summed E-state index contributed by atoms with van der Waals surface area (Å²) in [5, 5.41) is 5.40. The van der Waals surface area contributed by atoms with Gasteiger partial charge in [-0.25, -0.2) is 9.59 Å². The van der Waals surface area contributed by atoms with Crippen molar-refractivity contribution in [3.63, 3.8) is 0 Å². The van der Waals surface area contributed by atoms with Gasteiger partial charge in [-0.05, 0) is 19.1 Å². The van der Waals surface area contributed by atoms with Gasteiger partial charge in [0.25, 0.3) is 0 Å². The fraction of sp³-hybridized carbons (Fsp3) is 0.474. The Kier molecular flexibility index (Phi) is 6.18. The van der Waals surface area contributed by atoms with Crippen LogP contribution in [0, 0.1) is 0 Å². The first-order chi connectivity index (χ1) is 13.1. The number of esters is 1. The zero-order valence-electron chi connectivity index (χ0n) is 15.8. The zero-order valence-corrected chi connectivity index (χ0v) is 15.8. The number of carbonyl (C=O) groups excluding carboxylic acids is 2. The largest absolute Gasteiger partial charge is 0.497 e. The molecule has 1 fully saturated rings. The second-order valence-electron chi connectivity index (χ2n) is 6.45. The normalized spacial score (nSPS) is 18.0. The topological polar surface area (TPSA) is 83.1 Å². The SMILES string of the molecule is CCOC(=O)C1=C(CN2CCN(c3cccc(OC)c3)CC2)NC(=O)NC1. The summed E-state index contributed by atoms with van der Waals surface area (Å²) in [5.74, 6) is 0.464. The third-order valence-corrected chi connectivity index (χ3v) is 4.75. The van der Waals surface area contributed by atoms with Gasteiger partial charge in [0.1, 0.15) is 5.75 Å². The number of piperazine rings is 1. The molecule has 2 aliphatic rings. The van der Waals surface area contributed by atoms with Crippen molar-refractivity contribution in [2.75, 3.05) is 57.9 Å². The van der Waals surface area contributed by atoms with Crippen molar-refractivity contribution in [2.45, 2.75) is 6.92 Å². The lowest BCUT2D eigenvalue weighted by atomic mass is 10.1. The minimum atomic E-state index is -0.380. The van der Waals surface area contributed by atoms with E-state index >= 15 is 0 Å². The molecule has 0 atom stereocenters. The van der Waals surface area contributed by atoms with Gasteiger partial charge in [0.2, 0.25) is 0 Å². The molecule has 8 heteroatoms. The van der Waals surface area contributed by atoms with Crippen LogP contribution in [0.2, 0.25) is 0 Å². The molecule has 8 nitrogen and oxygen atoms in total. The third kappa shape index (κ3) is 4.71. The summed E-state index contributed by atoms with van der Waals surface area (Å²) < 4.78 is 10.4. The minimum Gasteiger partial charge on any atom is -0.497 e. The maximum Gasteiger partial charge on any atom is 0.337 e. The number of anilines is 1. The number of methoxy groups -OCH3 is 1. The van der Waals surface area contributed by atoms with Gasteiger partial charge in [0, 0.05) is 50.2 Å². The fourth-order valence-corrected chi connectivity index (χ4v) is 3.28. The van der Waals surface area contributed by atoms with E-state index in [1.165, 1.54) is 0 Å². The number of nitrogens with zero attached hydrogens (tertiary/aromatic N) is 2. The number of urea groups is 1. The average Bonchev–Trinajstić information content (AvgIpc) is 2.69. The zero-order chi connectivity index (χ0) is 19.2. The Morgan fingerprint density at radius 2 is 2.00 bits per heavy atom. The molecule has 0 aliphatic carbocycles. The first-order valence-electron chi connectivity index (χ1n) is 9.16. The Balaban J connectivity index is 1.63. The van der Waals surface area contributed by atoms with Gasteiger partial charge in [-0.3, -0.25) is 4.90 Å². The average molecular weight is 374 g/mol. The van der Waals surface area contributed by atoms with E-state index < -0.39 is 0 Å². The van der Waals surface area contributed by atoms with E-state index in [1.807, 2.05) is 18.2 Å². The van der Waals surface area contributed by atoms with Gasteiger partial charge in [-0.2, -0.15) is 0 Å². The van der Waals surface area contributed by atoms with Crippen LogP contribution >= 0.6 is 0 Å². The van der Waals surface area contributed by atoms with Crippen LogP contribution in [-0.2, 0) is 9.53 Å². The fourth-order valence-electron chi connectivity index (χ4n) is 3.28. The lowest BCUT2D eigenvalue weighted by Gasteiger charge is -2.37. The van der Waals surface area contributed by atoms with E-state index in [9.17, 15) is 9.59 Å². The molecule has 2 aliphatic heterocycles. The summed E-state index contributed by atoms with van der Waals surface area (Å²) in [4.78, 5) is 28.4. The van der Waals surface area contributed by atoms with Gasteiger partial charge < -0.3 is 25.0 Å². The highest BCUT2D eigenvalue weighted by molar-refractivity contribution is 5.93. The van der Waals surface area contributed by atoms with Crippen LogP contribution in [0.15, 0.2) is 35.5 Å². The van der Waals surface area contributed by atoms with Crippen LogP contribution in [0.25, 0.3) is 0 Å². The maximum absolute atomic E-state index is 12.1. The number of nitrogens with one attached hydrogen (secondary N) is 2. The van der Waals surface area contributed by atoms with Crippen molar-refractivity contribution < 1.29 is 19.1 Å². The first-order valence-corrected chi connectivity index (χ1v) is 9.16. The van der Waals surface area contributed by atoms with E-state index in [4.69, 9.17) is 9.47 Å². The highest BCUT2D eigenvalue weighted by Gasteiger charge is 2.26. The Morgan fingerprint density at radius 3 is 2.70 bits per heavy atom. The quantitative estimate of drug-likeness (QED) is 0.722. The number of rotatable bonds is 6. The van der Waals surface area contributed by atoms with E-state index in [0.29, 0.717) is 24.4 Å². The molecule has 0 unspecified atom stereocenters. The maximum atomic E-state index is 12.1. The first kappa shape index (κ1) is 19.0. The van der Waals surface area contributed by atoms with Crippen LogP contribution in [-0.4, -0.2) is 69.9 Å². The van der Waals surface area contributed by atoms with E-state index in [-0.39, 0.29) is 18.5 Å². The Labute approximate surface area is 159 Å². The van der Waals surface area contributed by atoms with E-state index in [1.54, 1.807) is 14.0 Å². The summed E-state index contributed by atoms with van der Waals surface area (Å²) in [5.41, 5.74) is 2.26. The standard InChI is InChI=1S/C19H26N4O4/c1-3-27-18(24)16-12-20-19(25)21-17(16)13-22-7-9-23(10-8-22)14-5-4-6-15(11-14)26-2/h4-6,11H,3,7-10,12-13H2,1-2H3,(H2,20,21,25). The van der Waals surface area contributed by atoms with Crippen molar-refractivity contribution in [3.05, 3.63) is 35.5 Å². The summed E-state index contributed by atoms with van der Waals surface area (Å²) >= 11 is 0. The van der Waals surface area contributed by atoms with Crippen molar-refractivity contribution in [1.82, 2.24) is 15.5 Å². The number of ether oxygens (including phenoxy) is 2. The Hall–Kier alpha value is -2.74. The van der Waals surface area contributed by atoms with Gasteiger partial charge in [0.15, 0.2) is 0 Å². The molecule has 0 aromatic heterocycles. The van der Waals surface area contributed by atoms with Gasteiger partial charge in [0.05, 0.1) is 25.8 Å². The molecule has 2 heterocycles. The summed E-state index contributed by atoms with van der Waals surface area (Å²) in [7, 11) is 1.67. The number of hydrogen-bond donors (Lipinski definition) is 2. The molecule has 0 spiro atoms. The van der Waals surface area contributed by atoms with E-state index in [2.05, 4.69) is 26.5 Å². The predicted molar refractivity (Wildman–Crippen MR) is 102 cm³/mol. The molecule has 1 saturated heterocycles. The van der Waals surface area contributed by atoms with E-state index in [0.717, 1.165) is 37.6 Å². The smallest absolute Gasteiger partial charge is 0.337 e. The Bertz CT molecular complexity index is 726. The minimum absolute atomic E-state index is 0.198. The molecule has 27 heavy (non-hydrogen) atoms. The molecule has 1 aromatic carbocycles. The molecule has 0 bridgehead atoms. The second-order valence-corrected chi connectivity index (χ2v) is 6.45. The summed E-state index contributed by atoms with van der Waals surface area (Å²) in [6.45, 7) is 6.19. The van der Waals surface area contributed by atoms with Gasteiger partial charge >= 0.3 is 12.0 Å². The van der Waals surface area contributed by atoms with Gasteiger partial charge in [-0.1, -0.05) is 6.07 Å². The van der Waals surface area contributed by atoms with Crippen LogP contribution in [0.5, 0.6) is 5.75 Å². The molecule has 2 N–H and O–H groups in total. The number of carbonyl (C=O) groups is 2. The molecule has 0 saturated carbocycles. The third-order valence-electron chi connectivity index (χ3n) is 4.75. The lowest BCUT2D eigenvalue weighted by molar-refractivity contribution is -0.138. The van der Waals surface area contributed by atoms with Crippen molar-refractivity contribution >= 4 is 17.7 Å². The van der Waals surface area contributed by atoms with Crippen molar-refractivity contribution in [3.8, 4) is 5.75 Å². The molecule has 0 radical (unpaired) electrons. The number of benzene rings is 1.